The molecule has 1 atom stereocenters. The summed E-state index contributed by atoms with van der Waals surface area (Å²) >= 11 is 0. The first-order chi connectivity index (χ1) is 10.4. The number of aryl methyl sites for hydroxylation is 1. The third-order valence-electron chi connectivity index (χ3n) is 4.39. The second kappa shape index (κ2) is 5.35. The van der Waals surface area contributed by atoms with Crippen molar-refractivity contribution < 1.29 is 9.90 Å². The number of hydrogen-bond acceptors (Lipinski definition) is 4. The molecule has 0 spiro atoms. The van der Waals surface area contributed by atoms with Crippen molar-refractivity contribution in [2.45, 2.75) is 51.8 Å². The SMILES string of the molecule is CCn1nnc2cc(C(=O)N3CCCC3C(C)(C)O)ccc21. The Balaban J connectivity index is 1.92. The van der Waals surface area contributed by atoms with Gasteiger partial charge in [0.05, 0.1) is 17.2 Å². The Morgan fingerprint density at radius 3 is 2.91 bits per heavy atom. The average molecular weight is 302 g/mol. The van der Waals surface area contributed by atoms with E-state index in [4.69, 9.17) is 0 Å². The van der Waals surface area contributed by atoms with Gasteiger partial charge in [0.2, 0.25) is 0 Å². The largest absolute Gasteiger partial charge is 0.388 e. The van der Waals surface area contributed by atoms with Gasteiger partial charge in [0.1, 0.15) is 5.52 Å². The molecule has 1 unspecified atom stereocenters. The third kappa shape index (κ3) is 2.47. The van der Waals surface area contributed by atoms with Gasteiger partial charge in [0, 0.05) is 18.7 Å². The number of benzene rings is 1. The Morgan fingerprint density at radius 2 is 2.23 bits per heavy atom. The third-order valence-corrected chi connectivity index (χ3v) is 4.39. The summed E-state index contributed by atoms with van der Waals surface area (Å²) in [5, 5.41) is 18.5. The maximum atomic E-state index is 12.8. The number of fused-ring (bicyclic) bond motifs is 1. The van der Waals surface area contributed by atoms with Crippen LogP contribution in [0, 0.1) is 0 Å². The molecular formula is C16H22N4O2. The first-order valence-electron chi connectivity index (χ1n) is 7.78. The molecule has 1 amide bonds. The van der Waals surface area contributed by atoms with Gasteiger partial charge in [0.25, 0.3) is 5.91 Å². The van der Waals surface area contributed by atoms with E-state index in [9.17, 15) is 9.90 Å². The van der Waals surface area contributed by atoms with Crippen LogP contribution in [0.4, 0.5) is 0 Å². The second-order valence-electron chi connectivity index (χ2n) is 6.42. The zero-order valence-corrected chi connectivity index (χ0v) is 13.3. The molecule has 2 heterocycles. The molecular weight excluding hydrogens is 280 g/mol. The molecule has 6 nitrogen and oxygen atoms in total. The summed E-state index contributed by atoms with van der Waals surface area (Å²) in [6.45, 7) is 6.97. The van der Waals surface area contributed by atoms with Crippen LogP contribution in [0.1, 0.15) is 44.0 Å². The molecule has 1 saturated heterocycles. The lowest BCUT2D eigenvalue weighted by atomic mass is 9.96. The van der Waals surface area contributed by atoms with Gasteiger partial charge in [-0.15, -0.1) is 5.10 Å². The summed E-state index contributed by atoms with van der Waals surface area (Å²) in [5.41, 5.74) is 1.37. The van der Waals surface area contributed by atoms with Crippen molar-refractivity contribution in [1.82, 2.24) is 19.9 Å². The molecule has 3 rings (SSSR count). The summed E-state index contributed by atoms with van der Waals surface area (Å²) in [6.07, 6.45) is 1.76. The van der Waals surface area contributed by atoms with E-state index in [1.807, 2.05) is 19.1 Å². The van der Waals surface area contributed by atoms with Crippen LogP contribution in [0.25, 0.3) is 11.0 Å². The van der Waals surface area contributed by atoms with Gasteiger partial charge in [-0.05, 0) is 51.8 Å². The fraction of sp³-hybridized carbons (Fsp3) is 0.562. The Morgan fingerprint density at radius 1 is 1.45 bits per heavy atom. The van der Waals surface area contributed by atoms with Gasteiger partial charge in [-0.3, -0.25) is 4.79 Å². The molecule has 1 aromatic carbocycles. The minimum atomic E-state index is -0.887. The predicted octanol–water partition coefficient (Wildman–Crippen LogP) is 1.83. The van der Waals surface area contributed by atoms with E-state index in [1.165, 1.54) is 0 Å². The van der Waals surface area contributed by atoms with Gasteiger partial charge in [-0.2, -0.15) is 0 Å². The first-order valence-corrected chi connectivity index (χ1v) is 7.78. The molecule has 1 aliphatic rings. The van der Waals surface area contributed by atoms with Crippen molar-refractivity contribution in [3.05, 3.63) is 23.8 Å². The number of carbonyl (C=O) groups is 1. The summed E-state index contributed by atoms with van der Waals surface area (Å²) < 4.78 is 1.80. The normalized spacial score (nSPS) is 19.1. The smallest absolute Gasteiger partial charge is 0.254 e. The molecule has 1 aliphatic heterocycles. The molecule has 6 heteroatoms. The van der Waals surface area contributed by atoms with Crippen molar-refractivity contribution in [3.63, 3.8) is 0 Å². The lowest BCUT2D eigenvalue weighted by molar-refractivity contribution is 0.000342. The van der Waals surface area contributed by atoms with Gasteiger partial charge in [0.15, 0.2) is 0 Å². The number of likely N-dealkylation sites (tertiary alicyclic amines) is 1. The molecule has 0 aliphatic carbocycles. The van der Waals surface area contributed by atoms with Crippen molar-refractivity contribution in [2.24, 2.45) is 0 Å². The van der Waals surface area contributed by atoms with E-state index >= 15 is 0 Å². The molecule has 118 valence electrons. The highest BCUT2D eigenvalue weighted by Crippen LogP contribution is 2.28. The monoisotopic (exact) mass is 302 g/mol. The molecule has 0 radical (unpaired) electrons. The lowest BCUT2D eigenvalue weighted by Crippen LogP contribution is -2.48. The molecule has 1 aromatic heterocycles. The highest BCUT2D eigenvalue weighted by molar-refractivity contribution is 5.97. The fourth-order valence-electron chi connectivity index (χ4n) is 3.25. The highest BCUT2D eigenvalue weighted by atomic mass is 16.3. The zero-order valence-electron chi connectivity index (χ0n) is 13.3. The van der Waals surface area contributed by atoms with Crippen LogP contribution in [0.5, 0.6) is 0 Å². The van der Waals surface area contributed by atoms with Gasteiger partial charge in [-0.1, -0.05) is 5.21 Å². The molecule has 22 heavy (non-hydrogen) atoms. The fourth-order valence-corrected chi connectivity index (χ4v) is 3.25. The molecule has 1 fully saturated rings. The highest BCUT2D eigenvalue weighted by Gasteiger charge is 2.38. The zero-order chi connectivity index (χ0) is 15.9. The van der Waals surface area contributed by atoms with Crippen LogP contribution in [0.2, 0.25) is 0 Å². The van der Waals surface area contributed by atoms with Crippen molar-refractivity contribution in [1.29, 1.82) is 0 Å². The number of nitrogens with zero attached hydrogens (tertiary/aromatic N) is 4. The quantitative estimate of drug-likeness (QED) is 0.939. The number of aromatic nitrogens is 3. The molecule has 0 bridgehead atoms. The van der Waals surface area contributed by atoms with E-state index in [0.717, 1.165) is 30.4 Å². The van der Waals surface area contributed by atoms with Crippen LogP contribution in [-0.4, -0.2) is 49.1 Å². The van der Waals surface area contributed by atoms with Gasteiger partial charge >= 0.3 is 0 Å². The Hall–Kier alpha value is -1.95. The van der Waals surface area contributed by atoms with Crippen LogP contribution < -0.4 is 0 Å². The summed E-state index contributed by atoms with van der Waals surface area (Å²) in [7, 11) is 0. The van der Waals surface area contributed by atoms with E-state index in [0.29, 0.717) is 12.1 Å². The van der Waals surface area contributed by atoms with Crippen LogP contribution in [0.15, 0.2) is 18.2 Å². The van der Waals surface area contributed by atoms with Crippen molar-refractivity contribution in [2.75, 3.05) is 6.54 Å². The van der Waals surface area contributed by atoms with E-state index in [-0.39, 0.29) is 11.9 Å². The van der Waals surface area contributed by atoms with Crippen LogP contribution in [-0.2, 0) is 6.54 Å². The average Bonchev–Trinajstić information content (AvgIpc) is 3.11. The number of carbonyl (C=O) groups excluding carboxylic acids is 1. The number of hydrogen-bond donors (Lipinski definition) is 1. The van der Waals surface area contributed by atoms with E-state index < -0.39 is 5.60 Å². The summed E-state index contributed by atoms with van der Waals surface area (Å²) in [6, 6.07) is 5.36. The Labute approximate surface area is 129 Å². The van der Waals surface area contributed by atoms with Crippen molar-refractivity contribution in [3.8, 4) is 0 Å². The predicted molar refractivity (Wildman–Crippen MR) is 83.6 cm³/mol. The van der Waals surface area contributed by atoms with E-state index in [2.05, 4.69) is 10.3 Å². The number of rotatable bonds is 3. The van der Waals surface area contributed by atoms with Crippen molar-refractivity contribution >= 4 is 16.9 Å². The lowest BCUT2D eigenvalue weighted by Gasteiger charge is -2.33. The first kappa shape index (κ1) is 15.0. The maximum Gasteiger partial charge on any atom is 0.254 e. The molecule has 2 aromatic rings. The topological polar surface area (TPSA) is 71.2 Å². The molecule has 1 N–H and O–H groups in total. The Kier molecular flexibility index (Phi) is 3.64. The molecule has 0 saturated carbocycles. The maximum absolute atomic E-state index is 12.8. The summed E-state index contributed by atoms with van der Waals surface area (Å²) in [5.74, 6) is -0.0439. The minimum absolute atomic E-state index is 0.0439. The second-order valence-corrected chi connectivity index (χ2v) is 6.42. The van der Waals surface area contributed by atoms with Crippen LogP contribution in [0.3, 0.4) is 0 Å². The number of aliphatic hydroxyl groups is 1. The number of amides is 1. The van der Waals surface area contributed by atoms with E-state index in [1.54, 1.807) is 29.5 Å². The summed E-state index contributed by atoms with van der Waals surface area (Å²) in [4.78, 5) is 14.6. The standard InChI is InChI=1S/C16H22N4O2/c1-4-20-13-8-7-11(10-12(13)17-18-20)15(21)19-9-5-6-14(19)16(2,3)22/h7-8,10,14,22H,4-6,9H2,1-3H3. The van der Waals surface area contributed by atoms with Gasteiger partial charge in [-0.25, -0.2) is 4.68 Å². The Bertz CT molecular complexity index is 702. The van der Waals surface area contributed by atoms with Gasteiger partial charge < -0.3 is 10.0 Å². The van der Waals surface area contributed by atoms with Crippen LogP contribution >= 0.6 is 0 Å². The minimum Gasteiger partial charge on any atom is -0.388 e.